The Balaban J connectivity index is 1.68. The zero-order valence-corrected chi connectivity index (χ0v) is 19.0. The molecular formula is C25H26N2O7. The Hall–Kier alpha value is -3.85. The summed E-state index contributed by atoms with van der Waals surface area (Å²) in [5.74, 6) is -0.467. The van der Waals surface area contributed by atoms with Gasteiger partial charge in [0, 0.05) is 6.42 Å². The van der Waals surface area contributed by atoms with Gasteiger partial charge in [-0.05, 0) is 36.8 Å². The number of hydrogen-bond donors (Lipinski definition) is 1. The summed E-state index contributed by atoms with van der Waals surface area (Å²) in [5, 5.41) is 11.3. The minimum absolute atomic E-state index is 0.0633. The van der Waals surface area contributed by atoms with Crippen LogP contribution in [0.15, 0.2) is 55.1 Å². The minimum atomic E-state index is -1.42. The number of aryl methyl sites for hydroxylation is 1. The van der Waals surface area contributed by atoms with Crippen molar-refractivity contribution in [1.29, 1.82) is 0 Å². The SMILES string of the molecule is C=CCOC(=O)N1c2cc(C)c(OC)cc2C(=O)N2C[C@@H](OC(=O)c3ccccc3)C[C@H]2[C@@H]1O. The lowest BCUT2D eigenvalue weighted by atomic mass is 10.1. The number of hydrogen-bond acceptors (Lipinski definition) is 7. The Morgan fingerprint density at radius 3 is 2.65 bits per heavy atom. The van der Waals surface area contributed by atoms with Gasteiger partial charge >= 0.3 is 12.1 Å². The van der Waals surface area contributed by atoms with E-state index in [1.54, 1.807) is 49.4 Å². The van der Waals surface area contributed by atoms with Crippen molar-refractivity contribution < 1.29 is 33.7 Å². The Morgan fingerprint density at radius 2 is 1.97 bits per heavy atom. The number of ether oxygens (including phenoxy) is 3. The fourth-order valence-electron chi connectivity index (χ4n) is 4.36. The van der Waals surface area contributed by atoms with E-state index < -0.39 is 36.3 Å². The van der Waals surface area contributed by atoms with E-state index in [9.17, 15) is 19.5 Å². The zero-order chi connectivity index (χ0) is 24.4. The van der Waals surface area contributed by atoms with Crippen LogP contribution in [-0.4, -0.2) is 66.6 Å². The molecular weight excluding hydrogens is 440 g/mol. The molecule has 1 saturated heterocycles. The van der Waals surface area contributed by atoms with E-state index in [1.807, 2.05) is 0 Å². The molecule has 2 amide bonds. The average Bonchev–Trinajstić information content (AvgIpc) is 3.24. The quantitative estimate of drug-likeness (QED) is 0.534. The van der Waals surface area contributed by atoms with Gasteiger partial charge in [0.25, 0.3) is 5.91 Å². The first-order chi connectivity index (χ1) is 16.3. The number of aliphatic hydroxyl groups excluding tert-OH is 1. The first-order valence-electron chi connectivity index (χ1n) is 10.9. The summed E-state index contributed by atoms with van der Waals surface area (Å²) in [6.45, 7) is 5.32. The maximum Gasteiger partial charge on any atom is 0.416 e. The molecule has 0 aliphatic carbocycles. The first-order valence-corrected chi connectivity index (χ1v) is 10.9. The lowest BCUT2D eigenvalue weighted by molar-refractivity contribution is 0.0314. The Morgan fingerprint density at radius 1 is 1.24 bits per heavy atom. The molecule has 1 N–H and O–H groups in total. The van der Waals surface area contributed by atoms with Gasteiger partial charge in [-0.15, -0.1) is 0 Å². The van der Waals surface area contributed by atoms with Gasteiger partial charge in [0.05, 0.1) is 36.5 Å². The highest BCUT2D eigenvalue weighted by atomic mass is 16.6. The molecule has 2 heterocycles. The van der Waals surface area contributed by atoms with Crippen LogP contribution in [0.5, 0.6) is 5.75 Å². The maximum atomic E-state index is 13.6. The van der Waals surface area contributed by atoms with Crippen molar-refractivity contribution in [2.24, 2.45) is 0 Å². The van der Waals surface area contributed by atoms with Crippen LogP contribution in [0.2, 0.25) is 0 Å². The number of methoxy groups -OCH3 is 1. The minimum Gasteiger partial charge on any atom is -0.496 e. The van der Waals surface area contributed by atoms with Crippen molar-refractivity contribution in [2.75, 3.05) is 25.2 Å². The molecule has 4 rings (SSSR count). The lowest BCUT2D eigenvalue weighted by Crippen LogP contribution is -2.51. The van der Waals surface area contributed by atoms with E-state index in [-0.39, 0.29) is 30.8 Å². The molecule has 178 valence electrons. The molecule has 2 aliphatic heterocycles. The fourth-order valence-corrected chi connectivity index (χ4v) is 4.36. The smallest absolute Gasteiger partial charge is 0.416 e. The molecule has 9 nitrogen and oxygen atoms in total. The Labute approximate surface area is 197 Å². The fraction of sp³-hybridized carbons (Fsp3) is 0.320. The van der Waals surface area contributed by atoms with E-state index in [0.717, 1.165) is 4.90 Å². The van der Waals surface area contributed by atoms with Gasteiger partial charge < -0.3 is 24.2 Å². The third-order valence-electron chi connectivity index (χ3n) is 5.98. The van der Waals surface area contributed by atoms with E-state index in [2.05, 4.69) is 6.58 Å². The largest absolute Gasteiger partial charge is 0.496 e. The predicted molar refractivity (Wildman–Crippen MR) is 123 cm³/mol. The summed E-state index contributed by atoms with van der Waals surface area (Å²) >= 11 is 0. The second kappa shape index (κ2) is 9.56. The number of amides is 2. The monoisotopic (exact) mass is 466 g/mol. The molecule has 0 radical (unpaired) electrons. The second-order valence-corrected chi connectivity index (χ2v) is 8.14. The topological polar surface area (TPSA) is 106 Å². The molecule has 9 heteroatoms. The van der Waals surface area contributed by atoms with Crippen molar-refractivity contribution in [3.63, 3.8) is 0 Å². The van der Waals surface area contributed by atoms with E-state index in [0.29, 0.717) is 16.9 Å². The van der Waals surface area contributed by atoms with Gasteiger partial charge in [0.2, 0.25) is 0 Å². The van der Waals surface area contributed by atoms with Crippen LogP contribution >= 0.6 is 0 Å². The standard InChI is InChI=1S/C25H26N2O7/c1-4-10-33-25(31)27-19-11-15(2)21(32-3)13-18(19)22(28)26-14-17(12-20(26)23(27)29)34-24(30)16-8-6-5-7-9-16/h4-9,11,13,17,20,23,29H,1,10,12,14H2,2-3H3/t17-,20-,23-/m0/s1. The number of carbonyl (C=O) groups is 3. The average molecular weight is 466 g/mol. The van der Waals surface area contributed by atoms with E-state index in [1.165, 1.54) is 18.1 Å². The van der Waals surface area contributed by atoms with Crippen molar-refractivity contribution >= 4 is 23.7 Å². The van der Waals surface area contributed by atoms with E-state index in [4.69, 9.17) is 14.2 Å². The van der Waals surface area contributed by atoms with Gasteiger partial charge in [-0.1, -0.05) is 30.9 Å². The molecule has 2 aromatic carbocycles. The van der Waals surface area contributed by atoms with Gasteiger partial charge in [0.1, 0.15) is 18.5 Å². The highest BCUT2D eigenvalue weighted by Gasteiger charge is 2.48. The molecule has 1 fully saturated rings. The molecule has 0 bridgehead atoms. The number of anilines is 1. The number of nitrogens with zero attached hydrogens (tertiary/aromatic N) is 2. The number of aliphatic hydroxyl groups is 1. The molecule has 34 heavy (non-hydrogen) atoms. The number of esters is 1. The summed E-state index contributed by atoms with van der Waals surface area (Å²) in [6.07, 6.45) is -1.33. The molecule has 2 aromatic rings. The van der Waals surface area contributed by atoms with Crippen LogP contribution in [0.1, 0.15) is 32.7 Å². The Kier molecular flexibility index (Phi) is 6.56. The summed E-state index contributed by atoms with van der Waals surface area (Å²) in [7, 11) is 1.48. The Bertz CT molecular complexity index is 1120. The summed E-state index contributed by atoms with van der Waals surface area (Å²) in [4.78, 5) is 41.5. The summed E-state index contributed by atoms with van der Waals surface area (Å²) in [5.41, 5.74) is 1.46. The second-order valence-electron chi connectivity index (χ2n) is 8.14. The molecule has 0 unspecified atom stereocenters. The van der Waals surface area contributed by atoms with Gasteiger partial charge in [0.15, 0.2) is 6.23 Å². The van der Waals surface area contributed by atoms with Crippen LogP contribution in [0, 0.1) is 6.92 Å². The highest BCUT2D eigenvalue weighted by molar-refractivity contribution is 6.05. The number of rotatable bonds is 5. The van der Waals surface area contributed by atoms with Crippen LogP contribution in [-0.2, 0) is 9.47 Å². The van der Waals surface area contributed by atoms with Crippen molar-refractivity contribution in [3.05, 3.63) is 71.8 Å². The molecule has 3 atom stereocenters. The first kappa shape index (κ1) is 23.3. The van der Waals surface area contributed by atoms with Gasteiger partial charge in [-0.3, -0.25) is 4.79 Å². The van der Waals surface area contributed by atoms with Crippen LogP contribution < -0.4 is 9.64 Å². The van der Waals surface area contributed by atoms with E-state index >= 15 is 0 Å². The number of carbonyl (C=O) groups excluding carboxylic acids is 3. The zero-order valence-electron chi connectivity index (χ0n) is 19.0. The maximum absolute atomic E-state index is 13.6. The van der Waals surface area contributed by atoms with Crippen LogP contribution in [0.4, 0.5) is 10.5 Å². The van der Waals surface area contributed by atoms with Crippen molar-refractivity contribution in [2.45, 2.75) is 31.7 Å². The third-order valence-corrected chi connectivity index (χ3v) is 5.98. The predicted octanol–water partition coefficient (Wildman–Crippen LogP) is 2.90. The van der Waals surface area contributed by atoms with Crippen LogP contribution in [0.3, 0.4) is 0 Å². The lowest BCUT2D eigenvalue weighted by Gasteiger charge is -2.31. The molecule has 0 spiro atoms. The molecule has 2 aliphatic rings. The summed E-state index contributed by atoms with van der Waals surface area (Å²) in [6, 6.07) is 10.9. The molecule has 0 aromatic heterocycles. The highest BCUT2D eigenvalue weighted by Crippen LogP contribution is 2.38. The van der Waals surface area contributed by atoms with Gasteiger partial charge in [-0.2, -0.15) is 0 Å². The van der Waals surface area contributed by atoms with Crippen molar-refractivity contribution in [1.82, 2.24) is 4.90 Å². The van der Waals surface area contributed by atoms with Crippen LogP contribution in [0.25, 0.3) is 0 Å². The number of fused-ring (bicyclic) bond motifs is 2. The normalized spacial score (nSPS) is 21.3. The van der Waals surface area contributed by atoms with Gasteiger partial charge in [-0.25, -0.2) is 14.5 Å². The summed E-state index contributed by atoms with van der Waals surface area (Å²) < 4.78 is 16.2. The third kappa shape index (κ3) is 4.22. The van der Waals surface area contributed by atoms with Crippen molar-refractivity contribution in [3.8, 4) is 5.75 Å². The molecule has 0 saturated carbocycles. The number of benzene rings is 2.